The van der Waals surface area contributed by atoms with E-state index in [1.807, 2.05) is 13.0 Å². The summed E-state index contributed by atoms with van der Waals surface area (Å²) in [6.07, 6.45) is 2.11. The maximum atomic E-state index is 11.6. The van der Waals surface area contributed by atoms with Gasteiger partial charge >= 0.3 is 0 Å². The van der Waals surface area contributed by atoms with E-state index in [2.05, 4.69) is 0 Å². The minimum Gasteiger partial charge on any atom is -0.274 e. The van der Waals surface area contributed by atoms with Crippen molar-refractivity contribution >= 4 is 11.8 Å². The van der Waals surface area contributed by atoms with E-state index in [0.717, 1.165) is 6.42 Å². The lowest BCUT2D eigenvalue weighted by Gasteiger charge is -2.21. The third-order valence-electron chi connectivity index (χ3n) is 2.92. The Morgan fingerprint density at radius 1 is 1.50 bits per heavy atom. The van der Waals surface area contributed by atoms with Crippen LogP contribution in [-0.4, -0.2) is 22.8 Å². The van der Waals surface area contributed by atoms with Gasteiger partial charge < -0.3 is 0 Å². The van der Waals surface area contributed by atoms with Crippen LogP contribution < -0.4 is 0 Å². The number of hydrogen-bond donors (Lipinski definition) is 0. The van der Waals surface area contributed by atoms with Crippen molar-refractivity contribution in [2.45, 2.75) is 32.2 Å². The zero-order chi connectivity index (χ0) is 10.3. The van der Waals surface area contributed by atoms with Gasteiger partial charge in [0, 0.05) is 0 Å². The second kappa shape index (κ2) is 3.09. The Morgan fingerprint density at radius 3 is 2.50 bits per heavy atom. The van der Waals surface area contributed by atoms with E-state index < -0.39 is 6.04 Å². The first kappa shape index (κ1) is 9.20. The van der Waals surface area contributed by atoms with Crippen LogP contribution in [0.1, 0.15) is 26.2 Å². The molecule has 0 bridgehead atoms. The Morgan fingerprint density at radius 2 is 2.07 bits per heavy atom. The summed E-state index contributed by atoms with van der Waals surface area (Å²) in [5, 5.41) is 8.86. The SMILES string of the molecule is CCCC(C#N)N1C(=O)C2CC2C1=O. The second-order valence-corrected chi connectivity index (χ2v) is 3.93. The van der Waals surface area contributed by atoms with Crippen LogP contribution in [-0.2, 0) is 9.59 Å². The van der Waals surface area contributed by atoms with Gasteiger partial charge in [-0.15, -0.1) is 0 Å². The molecule has 0 aromatic carbocycles. The molecule has 14 heavy (non-hydrogen) atoms. The summed E-state index contributed by atoms with van der Waals surface area (Å²) in [7, 11) is 0. The molecule has 1 saturated carbocycles. The van der Waals surface area contributed by atoms with Crippen LogP contribution >= 0.6 is 0 Å². The van der Waals surface area contributed by atoms with Crippen molar-refractivity contribution in [1.82, 2.24) is 4.90 Å². The molecule has 4 heteroatoms. The first-order chi connectivity index (χ1) is 6.70. The van der Waals surface area contributed by atoms with E-state index in [1.54, 1.807) is 0 Å². The van der Waals surface area contributed by atoms with Gasteiger partial charge in [0.15, 0.2) is 0 Å². The zero-order valence-corrected chi connectivity index (χ0v) is 8.06. The molecular formula is C10H12N2O2. The third kappa shape index (κ3) is 1.12. The number of carbonyl (C=O) groups is 2. The van der Waals surface area contributed by atoms with E-state index >= 15 is 0 Å². The van der Waals surface area contributed by atoms with Crippen molar-refractivity contribution in [2.75, 3.05) is 0 Å². The topological polar surface area (TPSA) is 61.2 Å². The first-order valence-electron chi connectivity index (χ1n) is 4.97. The van der Waals surface area contributed by atoms with Crippen LogP contribution in [0, 0.1) is 23.2 Å². The molecule has 1 aliphatic heterocycles. The highest BCUT2D eigenvalue weighted by Crippen LogP contribution is 2.47. The Bertz CT molecular complexity index is 312. The average molecular weight is 192 g/mol. The van der Waals surface area contributed by atoms with Gasteiger partial charge in [0.1, 0.15) is 6.04 Å². The van der Waals surface area contributed by atoms with Gasteiger partial charge in [-0.2, -0.15) is 5.26 Å². The van der Waals surface area contributed by atoms with Gasteiger partial charge in [-0.05, 0) is 12.8 Å². The standard InChI is InChI=1S/C10H12N2O2/c1-2-3-6(5-11)12-9(13)7-4-8(7)10(12)14/h6-8H,2-4H2,1H3. The number of nitrogens with zero attached hydrogens (tertiary/aromatic N) is 2. The molecule has 3 atom stereocenters. The van der Waals surface area contributed by atoms with Gasteiger partial charge in [-0.25, -0.2) is 0 Å². The molecule has 0 aromatic rings. The maximum absolute atomic E-state index is 11.6. The van der Waals surface area contributed by atoms with Gasteiger partial charge in [-0.3, -0.25) is 14.5 Å². The first-order valence-corrected chi connectivity index (χ1v) is 4.97. The molecule has 3 unspecified atom stereocenters. The van der Waals surface area contributed by atoms with Crippen LogP contribution in [0.3, 0.4) is 0 Å². The smallest absolute Gasteiger partial charge is 0.234 e. The summed E-state index contributed by atoms with van der Waals surface area (Å²) in [5.41, 5.74) is 0. The monoisotopic (exact) mass is 192 g/mol. The maximum Gasteiger partial charge on any atom is 0.234 e. The number of likely N-dealkylation sites (tertiary alicyclic amines) is 1. The molecule has 1 aliphatic carbocycles. The van der Waals surface area contributed by atoms with Crippen molar-refractivity contribution in [2.24, 2.45) is 11.8 Å². The van der Waals surface area contributed by atoms with E-state index in [-0.39, 0.29) is 23.7 Å². The fourth-order valence-electron chi connectivity index (χ4n) is 2.04. The van der Waals surface area contributed by atoms with Crippen LogP contribution in [0.4, 0.5) is 0 Å². The Balaban J connectivity index is 2.14. The lowest BCUT2D eigenvalue weighted by molar-refractivity contribution is -0.142. The van der Waals surface area contributed by atoms with Crippen LogP contribution in [0.2, 0.25) is 0 Å². The molecule has 0 radical (unpaired) electrons. The van der Waals surface area contributed by atoms with E-state index in [1.165, 1.54) is 4.90 Å². The highest BCUT2D eigenvalue weighted by Gasteiger charge is 2.60. The molecular weight excluding hydrogens is 180 g/mol. The third-order valence-corrected chi connectivity index (χ3v) is 2.92. The Labute approximate surface area is 82.5 Å². The molecule has 2 aliphatic rings. The number of nitriles is 1. The average Bonchev–Trinajstić information content (AvgIpc) is 2.91. The van der Waals surface area contributed by atoms with E-state index in [0.29, 0.717) is 12.8 Å². The van der Waals surface area contributed by atoms with Gasteiger partial charge in [-0.1, -0.05) is 13.3 Å². The molecule has 4 nitrogen and oxygen atoms in total. The number of rotatable bonds is 3. The van der Waals surface area contributed by atoms with Crippen molar-refractivity contribution < 1.29 is 9.59 Å². The molecule has 0 spiro atoms. The Hall–Kier alpha value is -1.37. The number of amides is 2. The van der Waals surface area contributed by atoms with Gasteiger partial charge in [0.25, 0.3) is 0 Å². The number of fused-ring (bicyclic) bond motifs is 1. The summed E-state index contributed by atoms with van der Waals surface area (Å²) in [6, 6.07) is 1.50. The molecule has 2 rings (SSSR count). The fraction of sp³-hybridized carbons (Fsp3) is 0.700. The van der Waals surface area contributed by atoms with E-state index in [9.17, 15) is 9.59 Å². The van der Waals surface area contributed by atoms with Gasteiger partial charge in [0.2, 0.25) is 11.8 Å². The Kier molecular flexibility index (Phi) is 2.03. The number of piperidine rings is 1. The lowest BCUT2D eigenvalue weighted by atomic mass is 10.1. The van der Waals surface area contributed by atoms with Crippen molar-refractivity contribution in [1.29, 1.82) is 5.26 Å². The summed E-state index contributed by atoms with van der Waals surface area (Å²) < 4.78 is 0. The molecule has 0 aromatic heterocycles. The number of hydrogen-bond acceptors (Lipinski definition) is 3. The lowest BCUT2D eigenvalue weighted by Crippen LogP contribution is -2.41. The second-order valence-electron chi connectivity index (χ2n) is 3.93. The predicted molar refractivity (Wildman–Crippen MR) is 47.8 cm³/mol. The zero-order valence-electron chi connectivity index (χ0n) is 8.06. The summed E-state index contributed by atoms with van der Waals surface area (Å²) in [6.45, 7) is 1.94. The number of carbonyl (C=O) groups excluding carboxylic acids is 2. The molecule has 74 valence electrons. The largest absolute Gasteiger partial charge is 0.274 e. The minimum atomic E-state index is -0.534. The summed E-state index contributed by atoms with van der Waals surface area (Å²) >= 11 is 0. The van der Waals surface area contributed by atoms with Crippen LogP contribution in [0.25, 0.3) is 0 Å². The molecule has 1 heterocycles. The van der Waals surface area contributed by atoms with Crippen molar-refractivity contribution in [3.63, 3.8) is 0 Å². The van der Waals surface area contributed by atoms with Crippen molar-refractivity contribution in [3.05, 3.63) is 0 Å². The molecule has 0 N–H and O–H groups in total. The predicted octanol–water partition coefficient (Wildman–Crippen LogP) is 0.684. The molecule has 2 amide bonds. The quantitative estimate of drug-likeness (QED) is 0.618. The molecule has 2 fully saturated rings. The highest BCUT2D eigenvalue weighted by molar-refractivity contribution is 6.09. The van der Waals surface area contributed by atoms with Crippen LogP contribution in [0.15, 0.2) is 0 Å². The van der Waals surface area contributed by atoms with Gasteiger partial charge in [0.05, 0.1) is 17.9 Å². The highest BCUT2D eigenvalue weighted by atomic mass is 16.2. The molecule has 1 saturated heterocycles. The summed E-state index contributed by atoms with van der Waals surface area (Å²) in [5.74, 6) is -0.426. The summed E-state index contributed by atoms with van der Waals surface area (Å²) in [4.78, 5) is 24.4. The van der Waals surface area contributed by atoms with Crippen LogP contribution in [0.5, 0.6) is 0 Å². The fourth-order valence-corrected chi connectivity index (χ4v) is 2.04. The van der Waals surface area contributed by atoms with Crippen molar-refractivity contribution in [3.8, 4) is 6.07 Å². The normalized spacial score (nSPS) is 31.3. The van der Waals surface area contributed by atoms with E-state index in [4.69, 9.17) is 5.26 Å². The minimum absolute atomic E-state index is 0.0878. The number of imide groups is 1.